The lowest BCUT2D eigenvalue weighted by Gasteiger charge is -2.24. The number of carbonyl (C=O) groups excluding carboxylic acids is 1. The molecular formula is C21H28N6O2. The van der Waals surface area contributed by atoms with Gasteiger partial charge in [0.25, 0.3) is 5.56 Å². The topological polar surface area (TPSA) is 88.3 Å². The molecule has 29 heavy (non-hydrogen) atoms. The van der Waals surface area contributed by atoms with Gasteiger partial charge < -0.3 is 4.90 Å². The highest BCUT2D eigenvalue weighted by Crippen LogP contribution is 2.32. The van der Waals surface area contributed by atoms with Crippen LogP contribution in [0.25, 0.3) is 5.65 Å². The summed E-state index contributed by atoms with van der Waals surface area (Å²) in [4.78, 5) is 31.9. The number of nitrogens with one attached hydrogen (secondary N) is 1. The summed E-state index contributed by atoms with van der Waals surface area (Å²) in [5.74, 6) is 0.115. The molecule has 0 saturated carbocycles. The van der Waals surface area contributed by atoms with Gasteiger partial charge in [0, 0.05) is 42.5 Å². The SMILES string of the molecule is Cc1nn(CCC(=O)N2CCCC2c2cc3nc(C)c(C)c(=O)n3[nH]2)c(C)c1C. The van der Waals surface area contributed by atoms with E-state index < -0.39 is 0 Å². The summed E-state index contributed by atoms with van der Waals surface area (Å²) in [5.41, 5.74) is 6.05. The highest BCUT2D eigenvalue weighted by Gasteiger charge is 2.31. The second-order valence-electron chi connectivity index (χ2n) is 8.05. The van der Waals surface area contributed by atoms with Crippen LogP contribution in [0.5, 0.6) is 0 Å². The van der Waals surface area contributed by atoms with E-state index in [4.69, 9.17) is 0 Å². The number of hydrogen-bond acceptors (Lipinski definition) is 4. The minimum absolute atomic E-state index is 0.0496. The van der Waals surface area contributed by atoms with Gasteiger partial charge in [0.1, 0.15) is 0 Å². The fourth-order valence-corrected chi connectivity index (χ4v) is 4.15. The predicted octanol–water partition coefficient (Wildman–Crippen LogP) is 2.52. The number of amides is 1. The Morgan fingerprint density at radius 3 is 2.62 bits per heavy atom. The first-order valence-corrected chi connectivity index (χ1v) is 10.2. The minimum atomic E-state index is -0.0884. The Hall–Kier alpha value is -2.90. The summed E-state index contributed by atoms with van der Waals surface area (Å²) in [6.07, 6.45) is 2.24. The van der Waals surface area contributed by atoms with E-state index in [2.05, 4.69) is 22.1 Å². The number of nitrogens with zero attached hydrogens (tertiary/aromatic N) is 5. The van der Waals surface area contributed by atoms with Crippen LogP contribution in [0.3, 0.4) is 0 Å². The van der Waals surface area contributed by atoms with Crippen molar-refractivity contribution >= 4 is 11.6 Å². The smallest absolute Gasteiger partial charge is 0.275 e. The largest absolute Gasteiger partial charge is 0.334 e. The quantitative estimate of drug-likeness (QED) is 0.734. The third kappa shape index (κ3) is 3.26. The van der Waals surface area contributed by atoms with Gasteiger partial charge in [-0.2, -0.15) is 5.10 Å². The monoisotopic (exact) mass is 396 g/mol. The Labute approximate surface area is 169 Å². The molecule has 4 rings (SSSR count). The van der Waals surface area contributed by atoms with Crippen molar-refractivity contribution in [3.8, 4) is 0 Å². The molecule has 1 unspecified atom stereocenters. The van der Waals surface area contributed by atoms with Crippen molar-refractivity contribution in [1.29, 1.82) is 0 Å². The first-order chi connectivity index (χ1) is 13.8. The fourth-order valence-electron chi connectivity index (χ4n) is 4.15. The van der Waals surface area contributed by atoms with Crippen LogP contribution in [0.1, 0.15) is 59.2 Å². The van der Waals surface area contributed by atoms with Crippen molar-refractivity contribution in [2.45, 2.75) is 66.5 Å². The summed E-state index contributed by atoms with van der Waals surface area (Å²) >= 11 is 0. The number of aryl methyl sites for hydroxylation is 3. The van der Waals surface area contributed by atoms with E-state index >= 15 is 0 Å². The number of aromatic nitrogens is 5. The van der Waals surface area contributed by atoms with Crippen LogP contribution in [0.15, 0.2) is 10.9 Å². The second-order valence-corrected chi connectivity index (χ2v) is 8.05. The molecule has 1 aliphatic heterocycles. The van der Waals surface area contributed by atoms with E-state index in [1.54, 1.807) is 6.92 Å². The third-order valence-electron chi connectivity index (χ3n) is 6.32. The van der Waals surface area contributed by atoms with Crippen molar-refractivity contribution < 1.29 is 4.79 Å². The van der Waals surface area contributed by atoms with Crippen molar-refractivity contribution in [3.63, 3.8) is 0 Å². The van der Waals surface area contributed by atoms with E-state index in [-0.39, 0.29) is 17.5 Å². The van der Waals surface area contributed by atoms with E-state index in [0.29, 0.717) is 24.2 Å². The molecule has 154 valence electrons. The van der Waals surface area contributed by atoms with Gasteiger partial charge in [-0.15, -0.1) is 0 Å². The van der Waals surface area contributed by atoms with Gasteiger partial charge in [-0.25, -0.2) is 9.50 Å². The number of H-pyrrole nitrogens is 1. The minimum Gasteiger partial charge on any atom is -0.334 e. The van der Waals surface area contributed by atoms with Gasteiger partial charge in [-0.05, 0) is 53.0 Å². The van der Waals surface area contributed by atoms with Crippen molar-refractivity contribution in [3.05, 3.63) is 50.3 Å². The normalized spacial score (nSPS) is 16.9. The van der Waals surface area contributed by atoms with Gasteiger partial charge in [-0.1, -0.05) is 0 Å². The summed E-state index contributed by atoms with van der Waals surface area (Å²) in [6, 6.07) is 1.85. The summed E-state index contributed by atoms with van der Waals surface area (Å²) in [5, 5.41) is 7.72. The lowest BCUT2D eigenvalue weighted by molar-refractivity contribution is -0.132. The van der Waals surface area contributed by atoms with Crippen LogP contribution >= 0.6 is 0 Å². The lowest BCUT2D eigenvalue weighted by atomic mass is 10.1. The number of fused-ring (bicyclic) bond motifs is 1. The van der Waals surface area contributed by atoms with Crippen LogP contribution in [-0.2, 0) is 11.3 Å². The fraction of sp³-hybridized carbons (Fsp3) is 0.524. The summed E-state index contributed by atoms with van der Waals surface area (Å²) in [7, 11) is 0. The van der Waals surface area contributed by atoms with E-state index in [1.807, 2.05) is 36.4 Å². The van der Waals surface area contributed by atoms with Gasteiger partial charge in [-0.3, -0.25) is 19.4 Å². The number of rotatable bonds is 4. The Morgan fingerprint density at radius 1 is 1.17 bits per heavy atom. The predicted molar refractivity (Wildman–Crippen MR) is 110 cm³/mol. The first-order valence-electron chi connectivity index (χ1n) is 10.2. The molecule has 4 heterocycles. The molecule has 8 nitrogen and oxygen atoms in total. The molecule has 0 bridgehead atoms. The van der Waals surface area contributed by atoms with Crippen molar-refractivity contribution in [2.75, 3.05) is 6.54 Å². The number of hydrogen-bond donors (Lipinski definition) is 1. The zero-order chi connectivity index (χ0) is 20.9. The highest BCUT2D eigenvalue weighted by atomic mass is 16.2. The third-order valence-corrected chi connectivity index (χ3v) is 6.32. The molecule has 1 N–H and O–H groups in total. The van der Waals surface area contributed by atoms with Crippen LogP contribution in [-0.4, -0.2) is 41.7 Å². The molecule has 0 spiro atoms. The van der Waals surface area contributed by atoms with Gasteiger partial charge in [0.15, 0.2) is 5.65 Å². The van der Waals surface area contributed by atoms with E-state index in [9.17, 15) is 9.59 Å². The van der Waals surface area contributed by atoms with Crippen LogP contribution < -0.4 is 5.56 Å². The van der Waals surface area contributed by atoms with Crippen LogP contribution in [0.4, 0.5) is 0 Å². The Morgan fingerprint density at radius 2 is 1.93 bits per heavy atom. The average molecular weight is 396 g/mol. The Bertz CT molecular complexity index is 1150. The standard InChI is InChI=1S/C21H28N6O2/c1-12-15(4)23-26(16(12)5)10-8-20(28)25-9-6-7-18(25)17-11-19-22-14(3)13(2)21(29)27(19)24-17/h11,18,24H,6-10H2,1-5H3. The Balaban J connectivity index is 1.55. The molecule has 8 heteroatoms. The molecule has 3 aromatic heterocycles. The lowest BCUT2D eigenvalue weighted by Crippen LogP contribution is -2.31. The highest BCUT2D eigenvalue weighted by molar-refractivity contribution is 5.77. The molecule has 3 aromatic rings. The van der Waals surface area contributed by atoms with Gasteiger partial charge in [0.05, 0.1) is 17.4 Å². The van der Waals surface area contributed by atoms with Crippen LogP contribution in [0, 0.1) is 34.6 Å². The number of carbonyl (C=O) groups is 1. The Kier molecular flexibility index (Phi) is 4.80. The van der Waals surface area contributed by atoms with Gasteiger partial charge >= 0.3 is 0 Å². The molecule has 1 amide bonds. The number of aromatic amines is 1. The maximum Gasteiger partial charge on any atom is 0.275 e. The van der Waals surface area contributed by atoms with Crippen molar-refractivity contribution in [1.82, 2.24) is 29.3 Å². The maximum atomic E-state index is 13.0. The molecular weight excluding hydrogens is 368 g/mol. The molecule has 1 saturated heterocycles. The van der Waals surface area contributed by atoms with Crippen molar-refractivity contribution in [2.24, 2.45) is 0 Å². The first kappa shape index (κ1) is 19.4. The average Bonchev–Trinajstić information content (AvgIpc) is 3.39. The molecule has 0 aliphatic carbocycles. The second kappa shape index (κ2) is 7.17. The summed E-state index contributed by atoms with van der Waals surface area (Å²) < 4.78 is 3.41. The number of likely N-dealkylation sites (tertiary alicyclic amines) is 1. The summed E-state index contributed by atoms with van der Waals surface area (Å²) in [6.45, 7) is 11.0. The van der Waals surface area contributed by atoms with Crippen LogP contribution in [0.2, 0.25) is 0 Å². The van der Waals surface area contributed by atoms with Gasteiger partial charge in [0.2, 0.25) is 5.91 Å². The molecule has 1 fully saturated rings. The molecule has 1 aliphatic rings. The van der Waals surface area contributed by atoms with E-state index in [0.717, 1.165) is 42.2 Å². The molecule has 1 atom stereocenters. The zero-order valence-electron chi connectivity index (χ0n) is 17.7. The van der Waals surface area contributed by atoms with E-state index in [1.165, 1.54) is 10.1 Å². The zero-order valence-corrected chi connectivity index (χ0v) is 17.7. The molecule has 0 aromatic carbocycles. The maximum absolute atomic E-state index is 13.0. The molecule has 0 radical (unpaired) electrons.